The summed E-state index contributed by atoms with van der Waals surface area (Å²) >= 11 is 0. The molecule has 100 valence electrons. The van der Waals surface area contributed by atoms with Crippen LogP contribution in [0.15, 0.2) is 48.5 Å². The number of hydrogen-bond acceptors (Lipinski definition) is 1. The first-order chi connectivity index (χ1) is 9.09. The summed E-state index contributed by atoms with van der Waals surface area (Å²) in [6, 6.07) is 17.3. The van der Waals surface area contributed by atoms with Crippen molar-refractivity contribution in [2.75, 3.05) is 6.54 Å². The van der Waals surface area contributed by atoms with Gasteiger partial charge in [0, 0.05) is 0 Å². The number of aryl methyl sites for hydroxylation is 2. The van der Waals surface area contributed by atoms with Crippen molar-refractivity contribution in [3.63, 3.8) is 0 Å². The Morgan fingerprint density at radius 3 is 1.63 bits per heavy atom. The summed E-state index contributed by atoms with van der Waals surface area (Å²) < 4.78 is 0. The zero-order valence-corrected chi connectivity index (χ0v) is 12.3. The van der Waals surface area contributed by atoms with Gasteiger partial charge in [0.05, 0.1) is 5.54 Å². The van der Waals surface area contributed by atoms with Gasteiger partial charge in [-0.25, -0.2) is 0 Å². The summed E-state index contributed by atoms with van der Waals surface area (Å²) in [5.41, 5.74) is 5.23. The first-order valence-electron chi connectivity index (χ1n) is 6.97. The molecule has 0 unspecified atom stereocenters. The van der Waals surface area contributed by atoms with E-state index in [1.54, 1.807) is 0 Å². The van der Waals surface area contributed by atoms with Crippen molar-refractivity contribution in [3.8, 4) is 0 Å². The van der Waals surface area contributed by atoms with Gasteiger partial charge in [-0.2, -0.15) is 0 Å². The second-order valence-electron chi connectivity index (χ2n) is 5.29. The largest absolute Gasteiger partial charge is 0.304 e. The minimum absolute atomic E-state index is 0.133. The molecule has 0 bridgehead atoms. The van der Waals surface area contributed by atoms with Gasteiger partial charge in [0.1, 0.15) is 0 Å². The second kappa shape index (κ2) is 5.58. The van der Waals surface area contributed by atoms with E-state index in [0.717, 1.165) is 6.54 Å². The molecule has 0 spiro atoms. The van der Waals surface area contributed by atoms with E-state index in [2.05, 4.69) is 81.5 Å². The summed E-state index contributed by atoms with van der Waals surface area (Å²) in [5.74, 6) is 0. The summed E-state index contributed by atoms with van der Waals surface area (Å²) in [5, 5.41) is 3.67. The summed E-state index contributed by atoms with van der Waals surface area (Å²) in [6.07, 6.45) is 0. The van der Waals surface area contributed by atoms with Gasteiger partial charge in [0.2, 0.25) is 0 Å². The molecule has 0 atom stereocenters. The lowest BCUT2D eigenvalue weighted by Gasteiger charge is -2.34. The molecule has 1 nitrogen and oxygen atoms in total. The zero-order valence-electron chi connectivity index (χ0n) is 12.3. The highest BCUT2D eigenvalue weighted by molar-refractivity contribution is 5.44. The van der Waals surface area contributed by atoms with Crippen LogP contribution in [0.2, 0.25) is 0 Å². The molecule has 0 heterocycles. The molecule has 0 aliphatic rings. The van der Waals surface area contributed by atoms with Crippen LogP contribution in [0.3, 0.4) is 0 Å². The minimum Gasteiger partial charge on any atom is -0.304 e. The highest BCUT2D eigenvalue weighted by atomic mass is 15.0. The van der Waals surface area contributed by atoms with Crippen LogP contribution in [-0.2, 0) is 5.54 Å². The van der Waals surface area contributed by atoms with Crippen LogP contribution >= 0.6 is 0 Å². The predicted octanol–water partition coefficient (Wildman–Crippen LogP) is 4.18. The maximum Gasteiger partial charge on any atom is 0.0666 e. The van der Waals surface area contributed by atoms with Crippen LogP contribution in [0.5, 0.6) is 0 Å². The molecule has 0 radical (unpaired) electrons. The predicted molar refractivity (Wildman–Crippen MR) is 82.5 cm³/mol. The molecule has 2 aromatic carbocycles. The van der Waals surface area contributed by atoms with Gasteiger partial charge in [0.15, 0.2) is 0 Å². The van der Waals surface area contributed by atoms with Crippen LogP contribution in [0, 0.1) is 13.8 Å². The average molecular weight is 253 g/mol. The highest BCUT2D eigenvalue weighted by Gasteiger charge is 2.30. The summed E-state index contributed by atoms with van der Waals surface area (Å²) in [4.78, 5) is 0. The Labute approximate surface area is 116 Å². The lowest BCUT2D eigenvalue weighted by atomic mass is 9.80. The Balaban J connectivity index is 2.62. The molecular weight excluding hydrogens is 230 g/mol. The second-order valence-corrected chi connectivity index (χ2v) is 5.29. The number of benzene rings is 2. The fourth-order valence-electron chi connectivity index (χ4n) is 2.96. The Morgan fingerprint density at radius 2 is 1.26 bits per heavy atom. The third kappa shape index (κ3) is 2.57. The van der Waals surface area contributed by atoms with E-state index in [1.165, 1.54) is 22.3 Å². The third-order valence-electron chi connectivity index (χ3n) is 3.90. The quantitative estimate of drug-likeness (QED) is 0.862. The Bertz CT molecular complexity index is 512. The highest BCUT2D eigenvalue weighted by Crippen LogP contribution is 2.33. The maximum atomic E-state index is 3.67. The minimum atomic E-state index is -0.133. The molecule has 0 saturated carbocycles. The molecule has 0 fully saturated rings. The van der Waals surface area contributed by atoms with Crippen molar-refractivity contribution in [3.05, 3.63) is 70.8 Å². The van der Waals surface area contributed by atoms with Crippen LogP contribution in [-0.4, -0.2) is 6.54 Å². The van der Waals surface area contributed by atoms with Crippen molar-refractivity contribution >= 4 is 0 Å². The van der Waals surface area contributed by atoms with Crippen molar-refractivity contribution in [2.24, 2.45) is 0 Å². The molecule has 0 saturated heterocycles. The Morgan fingerprint density at radius 1 is 0.842 bits per heavy atom. The molecule has 1 N–H and O–H groups in total. The molecule has 0 aliphatic heterocycles. The molecule has 1 heteroatoms. The van der Waals surface area contributed by atoms with Gasteiger partial charge >= 0.3 is 0 Å². The molecule has 0 aromatic heterocycles. The average Bonchev–Trinajstić information content (AvgIpc) is 2.39. The van der Waals surface area contributed by atoms with Crippen LogP contribution in [0.4, 0.5) is 0 Å². The Kier molecular flexibility index (Phi) is 4.06. The van der Waals surface area contributed by atoms with E-state index >= 15 is 0 Å². The van der Waals surface area contributed by atoms with Gasteiger partial charge < -0.3 is 5.32 Å². The number of nitrogens with one attached hydrogen (secondary N) is 1. The normalized spacial score (nSPS) is 11.6. The lowest BCUT2D eigenvalue weighted by Crippen LogP contribution is -2.41. The van der Waals surface area contributed by atoms with Crippen LogP contribution in [0.25, 0.3) is 0 Å². The van der Waals surface area contributed by atoms with E-state index in [1.807, 2.05) is 0 Å². The maximum absolute atomic E-state index is 3.67. The molecular formula is C18H23N. The first kappa shape index (κ1) is 13.8. The molecule has 0 aliphatic carbocycles. The summed E-state index contributed by atoms with van der Waals surface area (Å²) in [6.45, 7) is 9.75. The number of rotatable bonds is 4. The first-order valence-corrected chi connectivity index (χ1v) is 6.97. The number of hydrogen-bond donors (Lipinski definition) is 1. The molecule has 2 aromatic rings. The monoisotopic (exact) mass is 253 g/mol. The lowest BCUT2D eigenvalue weighted by molar-refractivity contribution is 0.448. The van der Waals surface area contributed by atoms with Crippen LogP contribution in [0.1, 0.15) is 36.1 Å². The van der Waals surface area contributed by atoms with Gasteiger partial charge in [-0.3, -0.25) is 0 Å². The third-order valence-corrected chi connectivity index (χ3v) is 3.90. The van der Waals surface area contributed by atoms with Gasteiger partial charge in [-0.1, -0.05) is 55.5 Å². The van der Waals surface area contributed by atoms with Gasteiger partial charge in [-0.15, -0.1) is 0 Å². The Hall–Kier alpha value is -1.60. The van der Waals surface area contributed by atoms with E-state index in [0.29, 0.717) is 0 Å². The SMILES string of the molecule is CCNC(C)(c1ccccc1C)c1ccccc1C. The fraction of sp³-hybridized carbons (Fsp3) is 0.333. The fourth-order valence-corrected chi connectivity index (χ4v) is 2.96. The topological polar surface area (TPSA) is 12.0 Å². The zero-order chi connectivity index (χ0) is 13.9. The van der Waals surface area contributed by atoms with Crippen molar-refractivity contribution < 1.29 is 0 Å². The smallest absolute Gasteiger partial charge is 0.0666 e. The van der Waals surface area contributed by atoms with Crippen molar-refractivity contribution in [1.29, 1.82) is 0 Å². The van der Waals surface area contributed by atoms with E-state index in [9.17, 15) is 0 Å². The molecule has 0 amide bonds. The molecule has 2 rings (SSSR count). The van der Waals surface area contributed by atoms with Crippen molar-refractivity contribution in [2.45, 2.75) is 33.2 Å². The van der Waals surface area contributed by atoms with Crippen molar-refractivity contribution in [1.82, 2.24) is 5.32 Å². The van der Waals surface area contributed by atoms with Gasteiger partial charge in [-0.05, 0) is 49.6 Å². The van der Waals surface area contributed by atoms with Gasteiger partial charge in [0.25, 0.3) is 0 Å². The molecule has 19 heavy (non-hydrogen) atoms. The summed E-state index contributed by atoms with van der Waals surface area (Å²) in [7, 11) is 0. The standard InChI is InChI=1S/C18H23N/c1-5-19-18(4,16-12-8-6-10-14(16)2)17-13-9-7-11-15(17)3/h6-13,19H,5H2,1-4H3. The van der Waals surface area contributed by atoms with E-state index in [4.69, 9.17) is 0 Å². The van der Waals surface area contributed by atoms with Crippen LogP contribution < -0.4 is 5.32 Å². The van der Waals surface area contributed by atoms with E-state index in [-0.39, 0.29) is 5.54 Å². The van der Waals surface area contributed by atoms with E-state index < -0.39 is 0 Å².